The largest absolute Gasteiger partial charge is 0.308 e. The van der Waals surface area contributed by atoms with Gasteiger partial charge >= 0.3 is 0 Å². The molecule has 1 aliphatic rings. The summed E-state index contributed by atoms with van der Waals surface area (Å²) >= 11 is 1.79. The van der Waals surface area contributed by atoms with Gasteiger partial charge in [-0.15, -0.1) is 11.3 Å². The van der Waals surface area contributed by atoms with Gasteiger partial charge in [-0.25, -0.2) is 4.98 Å². The molecule has 3 rings (SSSR count). The van der Waals surface area contributed by atoms with E-state index in [1.54, 1.807) is 11.3 Å². The highest BCUT2D eigenvalue weighted by molar-refractivity contribution is 7.09. The molecule has 1 aromatic heterocycles. The fourth-order valence-corrected chi connectivity index (χ4v) is 4.14. The van der Waals surface area contributed by atoms with Gasteiger partial charge in [-0.3, -0.25) is 4.90 Å². The molecule has 1 N–H and O–H groups in total. The number of thiazole rings is 1. The zero-order valence-electron chi connectivity index (χ0n) is 12.8. The first-order chi connectivity index (χ1) is 10.2. The van der Waals surface area contributed by atoms with E-state index < -0.39 is 0 Å². The highest BCUT2D eigenvalue weighted by Crippen LogP contribution is 2.34. The van der Waals surface area contributed by atoms with Crippen LogP contribution in [0.2, 0.25) is 0 Å². The van der Waals surface area contributed by atoms with Crippen LogP contribution in [-0.4, -0.2) is 30.0 Å². The number of likely N-dealkylation sites (tertiary alicyclic amines) is 1. The first kappa shape index (κ1) is 14.7. The van der Waals surface area contributed by atoms with E-state index in [4.69, 9.17) is 4.98 Å². The Hall–Kier alpha value is -1.23. The maximum absolute atomic E-state index is 4.72. The van der Waals surface area contributed by atoms with Crippen molar-refractivity contribution in [3.8, 4) is 0 Å². The van der Waals surface area contributed by atoms with Crippen molar-refractivity contribution in [2.75, 3.05) is 20.1 Å². The average molecular weight is 301 g/mol. The summed E-state index contributed by atoms with van der Waals surface area (Å²) in [6.45, 7) is 5.37. The van der Waals surface area contributed by atoms with Crippen molar-refractivity contribution in [2.45, 2.75) is 31.8 Å². The molecular weight excluding hydrogens is 278 g/mol. The van der Waals surface area contributed by atoms with Crippen LogP contribution in [0.25, 0.3) is 0 Å². The molecule has 1 saturated heterocycles. The van der Waals surface area contributed by atoms with Gasteiger partial charge in [0.15, 0.2) is 0 Å². The Kier molecular flexibility index (Phi) is 4.38. The molecule has 0 aliphatic carbocycles. The third kappa shape index (κ3) is 3.18. The maximum Gasteiger partial charge on any atom is 0.113 e. The van der Waals surface area contributed by atoms with Gasteiger partial charge in [0, 0.05) is 30.7 Å². The van der Waals surface area contributed by atoms with Gasteiger partial charge in [-0.05, 0) is 32.4 Å². The van der Waals surface area contributed by atoms with Gasteiger partial charge in [0.1, 0.15) is 5.01 Å². The number of benzene rings is 1. The van der Waals surface area contributed by atoms with E-state index in [0.717, 1.165) is 38.2 Å². The van der Waals surface area contributed by atoms with Gasteiger partial charge in [0.25, 0.3) is 0 Å². The SMILES string of the molecule is CNC1(c2nc(C)cs2)CCN(Cc2ccccc2)CC1. The minimum Gasteiger partial charge on any atom is -0.308 e. The smallest absolute Gasteiger partial charge is 0.113 e. The number of hydrogen-bond donors (Lipinski definition) is 1. The van der Waals surface area contributed by atoms with Crippen molar-refractivity contribution in [1.29, 1.82) is 0 Å². The lowest BCUT2D eigenvalue weighted by atomic mass is 9.88. The van der Waals surface area contributed by atoms with Crippen molar-refractivity contribution < 1.29 is 0 Å². The van der Waals surface area contributed by atoms with E-state index in [1.165, 1.54) is 10.6 Å². The van der Waals surface area contributed by atoms with Gasteiger partial charge in [-0.2, -0.15) is 0 Å². The summed E-state index contributed by atoms with van der Waals surface area (Å²) in [5.41, 5.74) is 2.61. The summed E-state index contributed by atoms with van der Waals surface area (Å²) in [6.07, 6.45) is 2.26. The van der Waals surface area contributed by atoms with Gasteiger partial charge in [0.2, 0.25) is 0 Å². The standard InChI is InChI=1S/C17H23N3S/c1-14-13-21-16(19-14)17(18-2)8-10-20(11-9-17)12-15-6-4-3-5-7-15/h3-7,13,18H,8-12H2,1-2H3. The van der Waals surface area contributed by atoms with Crippen molar-refractivity contribution in [1.82, 2.24) is 15.2 Å². The molecular formula is C17H23N3S. The Balaban J connectivity index is 1.66. The molecule has 112 valence electrons. The minimum atomic E-state index is 0.0755. The molecule has 0 bridgehead atoms. The van der Waals surface area contributed by atoms with Crippen molar-refractivity contribution in [3.05, 3.63) is 52.0 Å². The van der Waals surface area contributed by atoms with E-state index in [0.29, 0.717) is 0 Å². The van der Waals surface area contributed by atoms with E-state index in [9.17, 15) is 0 Å². The van der Waals surface area contributed by atoms with Gasteiger partial charge in [0.05, 0.1) is 5.54 Å². The van der Waals surface area contributed by atoms with Crippen LogP contribution in [0, 0.1) is 6.92 Å². The lowest BCUT2D eigenvalue weighted by Gasteiger charge is -2.40. The van der Waals surface area contributed by atoms with Gasteiger partial charge in [-0.1, -0.05) is 30.3 Å². The number of hydrogen-bond acceptors (Lipinski definition) is 4. The van der Waals surface area contributed by atoms with E-state index in [1.807, 2.05) is 0 Å². The third-order valence-electron chi connectivity index (χ3n) is 4.47. The molecule has 0 atom stereocenters. The number of aryl methyl sites for hydroxylation is 1. The van der Waals surface area contributed by atoms with Crippen molar-refractivity contribution >= 4 is 11.3 Å². The Bertz CT molecular complexity index is 571. The average Bonchev–Trinajstić information content (AvgIpc) is 2.96. The molecule has 0 unspecified atom stereocenters. The number of piperidine rings is 1. The summed E-state index contributed by atoms with van der Waals surface area (Å²) in [7, 11) is 2.07. The molecule has 2 aromatic rings. The molecule has 0 saturated carbocycles. The zero-order chi connectivity index (χ0) is 14.7. The molecule has 21 heavy (non-hydrogen) atoms. The van der Waals surface area contributed by atoms with Crippen LogP contribution in [0.1, 0.15) is 29.1 Å². The molecule has 1 fully saturated rings. The quantitative estimate of drug-likeness (QED) is 0.940. The maximum atomic E-state index is 4.72. The second-order valence-corrected chi connectivity index (χ2v) is 6.75. The fraction of sp³-hybridized carbons (Fsp3) is 0.471. The molecule has 2 heterocycles. The topological polar surface area (TPSA) is 28.2 Å². The second-order valence-electron chi connectivity index (χ2n) is 5.89. The Morgan fingerprint density at radius 2 is 1.95 bits per heavy atom. The lowest BCUT2D eigenvalue weighted by Crippen LogP contribution is -2.49. The predicted molar refractivity (Wildman–Crippen MR) is 88.5 cm³/mol. The minimum absolute atomic E-state index is 0.0755. The van der Waals surface area contributed by atoms with Crippen LogP contribution in [0.4, 0.5) is 0 Å². The molecule has 4 heteroatoms. The van der Waals surface area contributed by atoms with Gasteiger partial charge < -0.3 is 5.32 Å². The molecule has 0 spiro atoms. The number of rotatable bonds is 4. The molecule has 3 nitrogen and oxygen atoms in total. The normalized spacial score (nSPS) is 18.8. The summed E-state index contributed by atoms with van der Waals surface area (Å²) in [6, 6.07) is 10.7. The number of aromatic nitrogens is 1. The highest BCUT2D eigenvalue weighted by atomic mass is 32.1. The van der Waals surface area contributed by atoms with Crippen LogP contribution >= 0.6 is 11.3 Å². The monoisotopic (exact) mass is 301 g/mol. The third-order valence-corrected chi connectivity index (χ3v) is 5.63. The molecule has 0 amide bonds. The lowest BCUT2D eigenvalue weighted by molar-refractivity contribution is 0.134. The summed E-state index contributed by atoms with van der Waals surface area (Å²) in [5, 5.41) is 6.96. The zero-order valence-corrected chi connectivity index (χ0v) is 13.6. The second kappa shape index (κ2) is 6.26. The van der Waals surface area contributed by atoms with Crippen LogP contribution in [0.15, 0.2) is 35.7 Å². The fourth-order valence-electron chi connectivity index (χ4n) is 3.08. The van der Waals surface area contributed by atoms with Crippen LogP contribution in [0.3, 0.4) is 0 Å². The number of nitrogens with zero attached hydrogens (tertiary/aromatic N) is 2. The van der Waals surface area contributed by atoms with Crippen LogP contribution < -0.4 is 5.32 Å². The van der Waals surface area contributed by atoms with Crippen molar-refractivity contribution in [3.63, 3.8) is 0 Å². The highest BCUT2D eigenvalue weighted by Gasteiger charge is 2.37. The Labute approximate surface area is 131 Å². The van der Waals surface area contributed by atoms with Crippen LogP contribution in [0.5, 0.6) is 0 Å². The Morgan fingerprint density at radius 3 is 2.52 bits per heavy atom. The van der Waals surface area contributed by atoms with E-state index >= 15 is 0 Å². The van der Waals surface area contributed by atoms with Crippen LogP contribution in [-0.2, 0) is 12.1 Å². The van der Waals surface area contributed by atoms with Crippen molar-refractivity contribution in [2.24, 2.45) is 0 Å². The summed E-state index contributed by atoms with van der Waals surface area (Å²) in [4.78, 5) is 7.27. The Morgan fingerprint density at radius 1 is 1.24 bits per heavy atom. The first-order valence-electron chi connectivity index (χ1n) is 7.60. The van der Waals surface area contributed by atoms with E-state index in [-0.39, 0.29) is 5.54 Å². The van der Waals surface area contributed by atoms with E-state index in [2.05, 4.69) is 59.9 Å². The number of nitrogens with one attached hydrogen (secondary N) is 1. The molecule has 1 aliphatic heterocycles. The predicted octanol–water partition coefficient (Wildman–Crippen LogP) is 3.16. The molecule has 0 radical (unpaired) electrons. The summed E-state index contributed by atoms with van der Waals surface area (Å²) < 4.78 is 0. The first-order valence-corrected chi connectivity index (χ1v) is 8.48. The molecule has 1 aromatic carbocycles. The summed E-state index contributed by atoms with van der Waals surface area (Å²) in [5.74, 6) is 0.